The van der Waals surface area contributed by atoms with Crippen molar-refractivity contribution in [1.82, 2.24) is 15.0 Å². The Balaban J connectivity index is 1.73. The summed E-state index contributed by atoms with van der Waals surface area (Å²) in [5.41, 5.74) is 6.31. The molecule has 0 radical (unpaired) electrons. The maximum atomic E-state index is 7.65. The minimum absolute atomic E-state index is 0.0481. The Morgan fingerprint density at radius 2 is 1.57 bits per heavy atom. The van der Waals surface area contributed by atoms with Crippen LogP contribution >= 0.6 is 0 Å². The van der Waals surface area contributed by atoms with Crippen LogP contribution in [0, 0.1) is 5.41 Å². The number of amidine groups is 1. The monoisotopic (exact) mass is 283 g/mol. The second-order valence-corrected chi connectivity index (χ2v) is 4.81. The van der Waals surface area contributed by atoms with Crippen molar-refractivity contribution in [2.75, 3.05) is 36.0 Å². The molecule has 1 aliphatic rings. The van der Waals surface area contributed by atoms with Gasteiger partial charge in [0.15, 0.2) is 0 Å². The average Bonchev–Trinajstić information content (AvgIpc) is 2.56. The van der Waals surface area contributed by atoms with Gasteiger partial charge in [0.1, 0.15) is 11.7 Å². The molecule has 0 atom stereocenters. The lowest BCUT2D eigenvalue weighted by Crippen LogP contribution is -2.48. The summed E-state index contributed by atoms with van der Waals surface area (Å²) in [6.45, 7) is 3.24. The maximum absolute atomic E-state index is 7.65. The molecule has 21 heavy (non-hydrogen) atoms. The third kappa shape index (κ3) is 2.76. The van der Waals surface area contributed by atoms with Gasteiger partial charge in [0.05, 0.1) is 5.56 Å². The Hall–Kier alpha value is -2.70. The third-order valence-electron chi connectivity index (χ3n) is 3.49. The number of piperazine rings is 1. The molecular weight excluding hydrogens is 266 g/mol. The molecule has 7 nitrogen and oxygen atoms in total. The molecule has 3 rings (SSSR count). The molecule has 3 N–H and O–H groups in total. The van der Waals surface area contributed by atoms with E-state index in [0.29, 0.717) is 5.56 Å². The van der Waals surface area contributed by atoms with Gasteiger partial charge in [-0.3, -0.25) is 5.41 Å². The van der Waals surface area contributed by atoms with Crippen molar-refractivity contribution >= 4 is 17.6 Å². The number of rotatable bonds is 3. The van der Waals surface area contributed by atoms with E-state index in [1.807, 2.05) is 12.1 Å². The van der Waals surface area contributed by atoms with Crippen LogP contribution in [0.5, 0.6) is 0 Å². The number of nitrogen functional groups attached to an aromatic ring is 1. The number of hydrogen-bond acceptors (Lipinski definition) is 6. The number of aromatic nitrogens is 3. The molecule has 0 saturated carbocycles. The molecule has 1 fully saturated rings. The first-order valence-electron chi connectivity index (χ1n) is 6.82. The fourth-order valence-electron chi connectivity index (χ4n) is 2.43. The van der Waals surface area contributed by atoms with Crippen LogP contribution in [0.4, 0.5) is 11.8 Å². The highest BCUT2D eigenvalue weighted by atomic mass is 15.3. The van der Waals surface area contributed by atoms with Crippen LogP contribution < -0.4 is 15.5 Å². The van der Waals surface area contributed by atoms with Crippen LogP contribution in [0.15, 0.2) is 36.8 Å². The van der Waals surface area contributed by atoms with Crippen LogP contribution in [0.25, 0.3) is 0 Å². The lowest BCUT2D eigenvalue weighted by molar-refractivity contribution is 0.634. The van der Waals surface area contributed by atoms with E-state index in [9.17, 15) is 0 Å². The van der Waals surface area contributed by atoms with Crippen molar-refractivity contribution in [1.29, 1.82) is 5.41 Å². The molecule has 108 valence electrons. The average molecular weight is 283 g/mol. The van der Waals surface area contributed by atoms with Crippen molar-refractivity contribution in [2.24, 2.45) is 5.73 Å². The molecule has 0 aliphatic carbocycles. The molecular formula is C14H17N7. The van der Waals surface area contributed by atoms with E-state index in [2.05, 4.69) is 24.8 Å². The van der Waals surface area contributed by atoms with Gasteiger partial charge in [-0.15, -0.1) is 0 Å². The largest absolute Gasteiger partial charge is 0.384 e. The lowest BCUT2D eigenvalue weighted by Gasteiger charge is -2.36. The second kappa shape index (κ2) is 5.74. The number of nitrogens with one attached hydrogen (secondary N) is 1. The van der Waals surface area contributed by atoms with Gasteiger partial charge in [-0.25, -0.2) is 15.0 Å². The maximum Gasteiger partial charge on any atom is 0.225 e. The minimum atomic E-state index is 0.0481. The highest BCUT2D eigenvalue weighted by Gasteiger charge is 2.21. The van der Waals surface area contributed by atoms with E-state index in [-0.39, 0.29) is 5.84 Å². The summed E-state index contributed by atoms with van der Waals surface area (Å²) in [6.07, 6.45) is 5.23. The first-order chi connectivity index (χ1) is 10.3. The fraction of sp³-hybridized carbons (Fsp3) is 0.286. The van der Waals surface area contributed by atoms with Gasteiger partial charge in [-0.2, -0.15) is 0 Å². The Kier molecular flexibility index (Phi) is 3.63. The molecule has 1 aliphatic heterocycles. The SMILES string of the molecule is N=C(N)c1cccnc1N1CCN(c2ncccn2)CC1. The molecule has 7 heteroatoms. The van der Waals surface area contributed by atoms with E-state index >= 15 is 0 Å². The molecule has 0 aromatic carbocycles. The summed E-state index contributed by atoms with van der Waals surface area (Å²) in [4.78, 5) is 17.2. The molecule has 2 aromatic heterocycles. The van der Waals surface area contributed by atoms with Gasteiger partial charge in [0.2, 0.25) is 5.95 Å². The van der Waals surface area contributed by atoms with Crippen LogP contribution in [-0.2, 0) is 0 Å². The molecule has 0 bridgehead atoms. The summed E-state index contributed by atoms with van der Waals surface area (Å²) >= 11 is 0. The third-order valence-corrected chi connectivity index (χ3v) is 3.49. The summed E-state index contributed by atoms with van der Waals surface area (Å²) in [6, 6.07) is 5.44. The van der Waals surface area contributed by atoms with Crippen molar-refractivity contribution < 1.29 is 0 Å². The van der Waals surface area contributed by atoms with Gasteiger partial charge in [-0.05, 0) is 18.2 Å². The van der Waals surface area contributed by atoms with E-state index in [0.717, 1.165) is 37.9 Å². The Bertz CT molecular complexity index is 620. The van der Waals surface area contributed by atoms with Gasteiger partial charge in [0, 0.05) is 44.8 Å². The minimum Gasteiger partial charge on any atom is -0.384 e. The smallest absolute Gasteiger partial charge is 0.225 e. The Morgan fingerprint density at radius 3 is 2.24 bits per heavy atom. The van der Waals surface area contributed by atoms with E-state index < -0.39 is 0 Å². The Morgan fingerprint density at radius 1 is 0.952 bits per heavy atom. The highest BCUT2D eigenvalue weighted by Crippen LogP contribution is 2.19. The summed E-state index contributed by atoms with van der Waals surface area (Å²) in [5, 5.41) is 7.65. The number of anilines is 2. The lowest BCUT2D eigenvalue weighted by atomic mass is 10.2. The zero-order valence-corrected chi connectivity index (χ0v) is 11.6. The zero-order chi connectivity index (χ0) is 14.7. The molecule has 0 unspecified atom stereocenters. The standard InChI is InChI=1S/C14H17N7/c15-12(16)11-3-1-4-17-13(11)20-7-9-21(10-8-20)14-18-5-2-6-19-14/h1-6H,7-10H2,(H3,15,16). The molecule has 0 spiro atoms. The highest BCUT2D eigenvalue weighted by molar-refractivity contribution is 5.99. The molecule has 3 heterocycles. The van der Waals surface area contributed by atoms with Gasteiger partial charge in [0.25, 0.3) is 0 Å². The predicted octanol–water partition coefficient (Wildman–Crippen LogP) is 0.482. The molecule has 1 saturated heterocycles. The molecule has 0 amide bonds. The van der Waals surface area contributed by atoms with Crippen LogP contribution in [0.1, 0.15) is 5.56 Å². The number of nitrogens with zero attached hydrogens (tertiary/aromatic N) is 5. The van der Waals surface area contributed by atoms with Crippen molar-refractivity contribution in [3.63, 3.8) is 0 Å². The summed E-state index contributed by atoms with van der Waals surface area (Å²) in [5.74, 6) is 1.58. The Labute approximate surface area is 123 Å². The summed E-state index contributed by atoms with van der Waals surface area (Å²) < 4.78 is 0. The van der Waals surface area contributed by atoms with Gasteiger partial charge >= 0.3 is 0 Å². The van der Waals surface area contributed by atoms with Crippen LogP contribution in [-0.4, -0.2) is 47.0 Å². The van der Waals surface area contributed by atoms with Crippen LogP contribution in [0.2, 0.25) is 0 Å². The van der Waals surface area contributed by atoms with E-state index in [1.165, 1.54) is 0 Å². The van der Waals surface area contributed by atoms with Crippen molar-refractivity contribution in [3.05, 3.63) is 42.4 Å². The van der Waals surface area contributed by atoms with Gasteiger partial charge in [-0.1, -0.05) is 0 Å². The fourth-order valence-corrected chi connectivity index (χ4v) is 2.43. The van der Waals surface area contributed by atoms with Crippen LogP contribution in [0.3, 0.4) is 0 Å². The zero-order valence-electron chi connectivity index (χ0n) is 11.6. The first-order valence-corrected chi connectivity index (χ1v) is 6.82. The number of nitrogens with two attached hydrogens (primary N) is 1. The molecule has 2 aromatic rings. The second-order valence-electron chi connectivity index (χ2n) is 4.81. The first kappa shape index (κ1) is 13.3. The quantitative estimate of drug-likeness (QED) is 0.628. The van der Waals surface area contributed by atoms with Gasteiger partial charge < -0.3 is 15.5 Å². The van der Waals surface area contributed by atoms with Crippen molar-refractivity contribution in [3.8, 4) is 0 Å². The topological polar surface area (TPSA) is 95.0 Å². The number of hydrogen-bond donors (Lipinski definition) is 2. The van der Waals surface area contributed by atoms with Crippen molar-refractivity contribution in [2.45, 2.75) is 0 Å². The van der Waals surface area contributed by atoms with E-state index in [4.69, 9.17) is 11.1 Å². The van der Waals surface area contributed by atoms with E-state index in [1.54, 1.807) is 24.7 Å². The normalized spacial score (nSPS) is 15.0. The summed E-state index contributed by atoms with van der Waals surface area (Å²) in [7, 11) is 0. The number of pyridine rings is 1. The predicted molar refractivity (Wildman–Crippen MR) is 81.7 cm³/mol.